The highest BCUT2D eigenvalue weighted by Gasteiger charge is 2.16. The summed E-state index contributed by atoms with van der Waals surface area (Å²) < 4.78 is 0. The molecule has 0 bridgehead atoms. The molecule has 1 heterocycles. The maximum absolute atomic E-state index is 12.3. The Balaban J connectivity index is 2.08. The van der Waals surface area contributed by atoms with Crippen LogP contribution in [-0.4, -0.2) is 48.5 Å². The third-order valence-electron chi connectivity index (χ3n) is 3.55. The van der Waals surface area contributed by atoms with Crippen molar-refractivity contribution in [3.63, 3.8) is 0 Å². The van der Waals surface area contributed by atoms with Gasteiger partial charge < -0.3 is 10.4 Å². The summed E-state index contributed by atoms with van der Waals surface area (Å²) in [6, 6.07) is 5.16. The topological polar surface area (TPSA) is 52.6 Å². The largest absolute Gasteiger partial charge is 0.508 e. The van der Waals surface area contributed by atoms with Crippen molar-refractivity contribution in [2.24, 2.45) is 0 Å². The van der Waals surface area contributed by atoms with E-state index in [4.69, 9.17) is 0 Å². The Bertz CT molecular complexity index is 451. The van der Waals surface area contributed by atoms with Gasteiger partial charge in [-0.15, -0.1) is 0 Å². The second-order valence-electron chi connectivity index (χ2n) is 5.38. The van der Waals surface area contributed by atoms with Crippen LogP contribution in [0.25, 0.3) is 0 Å². The smallest absolute Gasteiger partial charge is 0.176 e. The van der Waals surface area contributed by atoms with E-state index in [1.165, 1.54) is 0 Å². The summed E-state index contributed by atoms with van der Waals surface area (Å²) in [5, 5.41) is 13.1. The zero-order valence-corrected chi connectivity index (χ0v) is 11.6. The van der Waals surface area contributed by atoms with Crippen LogP contribution < -0.4 is 5.32 Å². The molecular formula is C15H22N2O2. The number of phenols is 1. The van der Waals surface area contributed by atoms with Crippen molar-refractivity contribution in [1.29, 1.82) is 0 Å². The molecule has 4 heteroatoms. The number of phenolic OH excluding ortho intramolecular Hbond substituents is 1. The fourth-order valence-electron chi connectivity index (χ4n) is 2.35. The molecule has 0 saturated carbocycles. The summed E-state index contributed by atoms with van der Waals surface area (Å²) >= 11 is 0. The van der Waals surface area contributed by atoms with Crippen molar-refractivity contribution in [2.45, 2.75) is 19.8 Å². The first-order chi connectivity index (χ1) is 9.08. The van der Waals surface area contributed by atoms with E-state index >= 15 is 0 Å². The van der Waals surface area contributed by atoms with Crippen LogP contribution >= 0.6 is 0 Å². The molecule has 0 spiro atoms. The van der Waals surface area contributed by atoms with Gasteiger partial charge in [-0.3, -0.25) is 9.69 Å². The van der Waals surface area contributed by atoms with E-state index in [0.29, 0.717) is 12.1 Å². The van der Waals surface area contributed by atoms with Crippen molar-refractivity contribution in [2.75, 3.05) is 32.7 Å². The number of Topliss-reactive ketones (excluding diaryl/α,β-unsaturated/α-hetero) is 1. The Labute approximate surface area is 114 Å². The molecule has 4 nitrogen and oxygen atoms in total. The van der Waals surface area contributed by atoms with Crippen molar-refractivity contribution < 1.29 is 9.90 Å². The lowest BCUT2D eigenvalue weighted by molar-refractivity contribution is 0.0921. The molecule has 0 aromatic heterocycles. The van der Waals surface area contributed by atoms with Crippen LogP contribution in [0.1, 0.15) is 35.7 Å². The van der Waals surface area contributed by atoms with Gasteiger partial charge in [-0.25, -0.2) is 0 Å². The Kier molecular flexibility index (Phi) is 4.56. The quantitative estimate of drug-likeness (QED) is 0.809. The molecule has 0 unspecified atom stereocenters. The predicted octanol–water partition coefficient (Wildman–Crippen LogP) is 1.60. The van der Waals surface area contributed by atoms with Gasteiger partial charge in [-0.05, 0) is 29.7 Å². The second-order valence-corrected chi connectivity index (χ2v) is 5.38. The summed E-state index contributed by atoms with van der Waals surface area (Å²) in [6.45, 7) is 8.21. The number of carbonyl (C=O) groups excluding carboxylic acids is 1. The number of rotatable bonds is 4. The number of aromatic hydroxyl groups is 1. The lowest BCUT2D eigenvalue weighted by Crippen LogP contribution is -2.45. The molecule has 1 aliphatic heterocycles. The van der Waals surface area contributed by atoms with Crippen LogP contribution in [0.15, 0.2) is 18.2 Å². The Morgan fingerprint density at radius 2 is 2.05 bits per heavy atom. The maximum Gasteiger partial charge on any atom is 0.176 e. The molecular weight excluding hydrogens is 240 g/mol. The van der Waals surface area contributed by atoms with Gasteiger partial charge in [0.2, 0.25) is 0 Å². The molecule has 19 heavy (non-hydrogen) atoms. The number of hydrogen-bond donors (Lipinski definition) is 2. The zero-order valence-electron chi connectivity index (χ0n) is 11.6. The van der Waals surface area contributed by atoms with E-state index in [2.05, 4.69) is 10.2 Å². The number of nitrogens with one attached hydrogen (secondary N) is 1. The molecule has 0 aliphatic carbocycles. The van der Waals surface area contributed by atoms with E-state index in [1.807, 2.05) is 19.9 Å². The van der Waals surface area contributed by atoms with Gasteiger partial charge >= 0.3 is 0 Å². The highest BCUT2D eigenvalue weighted by atomic mass is 16.3. The van der Waals surface area contributed by atoms with E-state index in [-0.39, 0.29) is 17.5 Å². The summed E-state index contributed by atoms with van der Waals surface area (Å²) in [7, 11) is 0. The fourth-order valence-corrected chi connectivity index (χ4v) is 2.35. The van der Waals surface area contributed by atoms with Gasteiger partial charge in [-0.1, -0.05) is 13.8 Å². The SMILES string of the molecule is CC(C)c1cc(C(=O)CN2CCNCC2)ccc1O. The molecule has 104 valence electrons. The van der Waals surface area contributed by atoms with Crippen molar-refractivity contribution in [3.8, 4) is 5.75 Å². The Morgan fingerprint density at radius 1 is 1.37 bits per heavy atom. The maximum atomic E-state index is 12.3. The van der Waals surface area contributed by atoms with E-state index < -0.39 is 0 Å². The fraction of sp³-hybridized carbons (Fsp3) is 0.533. The van der Waals surface area contributed by atoms with Crippen molar-refractivity contribution >= 4 is 5.78 Å². The number of benzene rings is 1. The molecule has 1 saturated heterocycles. The van der Waals surface area contributed by atoms with E-state index in [0.717, 1.165) is 31.7 Å². The lowest BCUT2D eigenvalue weighted by Gasteiger charge is -2.26. The Morgan fingerprint density at radius 3 is 2.68 bits per heavy atom. The summed E-state index contributed by atoms with van der Waals surface area (Å²) in [4.78, 5) is 14.4. The number of ketones is 1. The third-order valence-corrected chi connectivity index (χ3v) is 3.55. The van der Waals surface area contributed by atoms with Crippen LogP contribution in [-0.2, 0) is 0 Å². The lowest BCUT2D eigenvalue weighted by atomic mass is 9.98. The molecule has 1 aliphatic rings. The first kappa shape index (κ1) is 14.0. The minimum atomic E-state index is 0.129. The van der Waals surface area contributed by atoms with Gasteiger partial charge in [0, 0.05) is 31.7 Å². The van der Waals surface area contributed by atoms with Crippen LogP contribution in [0.2, 0.25) is 0 Å². The van der Waals surface area contributed by atoms with Gasteiger partial charge in [0.05, 0.1) is 6.54 Å². The molecule has 2 N–H and O–H groups in total. The van der Waals surface area contributed by atoms with Crippen LogP contribution in [0.4, 0.5) is 0 Å². The summed E-state index contributed by atoms with van der Waals surface area (Å²) in [6.07, 6.45) is 0. The predicted molar refractivity (Wildman–Crippen MR) is 75.8 cm³/mol. The minimum absolute atomic E-state index is 0.129. The van der Waals surface area contributed by atoms with E-state index in [9.17, 15) is 9.90 Å². The zero-order chi connectivity index (χ0) is 13.8. The second kappa shape index (κ2) is 6.17. The summed E-state index contributed by atoms with van der Waals surface area (Å²) in [5.41, 5.74) is 1.53. The molecule has 0 amide bonds. The van der Waals surface area contributed by atoms with Crippen LogP contribution in [0.5, 0.6) is 5.75 Å². The number of hydrogen-bond acceptors (Lipinski definition) is 4. The Hall–Kier alpha value is -1.39. The van der Waals surface area contributed by atoms with Gasteiger partial charge in [0.15, 0.2) is 5.78 Å². The standard InChI is InChI=1S/C15H22N2O2/c1-11(2)13-9-12(3-4-14(13)18)15(19)10-17-7-5-16-6-8-17/h3-4,9,11,16,18H,5-8,10H2,1-2H3. The highest BCUT2D eigenvalue weighted by molar-refractivity contribution is 5.98. The molecule has 2 rings (SSSR count). The average Bonchev–Trinajstić information content (AvgIpc) is 2.40. The number of carbonyl (C=O) groups is 1. The van der Waals surface area contributed by atoms with Crippen molar-refractivity contribution in [1.82, 2.24) is 10.2 Å². The van der Waals surface area contributed by atoms with Gasteiger partial charge in [0.1, 0.15) is 5.75 Å². The number of nitrogens with zero attached hydrogens (tertiary/aromatic N) is 1. The van der Waals surface area contributed by atoms with Gasteiger partial charge in [-0.2, -0.15) is 0 Å². The summed E-state index contributed by atoms with van der Waals surface area (Å²) in [5.74, 6) is 0.615. The number of piperazine rings is 1. The van der Waals surface area contributed by atoms with Crippen molar-refractivity contribution in [3.05, 3.63) is 29.3 Å². The van der Waals surface area contributed by atoms with Gasteiger partial charge in [0.25, 0.3) is 0 Å². The van der Waals surface area contributed by atoms with Crippen LogP contribution in [0, 0.1) is 0 Å². The minimum Gasteiger partial charge on any atom is -0.508 e. The molecule has 0 atom stereocenters. The normalized spacial score (nSPS) is 16.8. The molecule has 0 radical (unpaired) electrons. The first-order valence-corrected chi connectivity index (χ1v) is 6.87. The molecule has 1 fully saturated rings. The van der Waals surface area contributed by atoms with E-state index in [1.54, 1.807) is 12.1 Å². The monoisotopic (exact) mass is 262 g/mol. The van der Waals surface area contributed by atoms with Crippen LogP contribution in [0.3, 0.4) is 0 Å². The molecule has 1 aromatic rings. The first-order valence-electron chi connectivity index (χ1n) is 6.87. The molecule has 1 aromatic carbocycles. The third kappa shape index (κ3) is 3.55. The average molecular weight is 262 g/mol. The highest BCUT2D eigenvalue weighted by Crippen LogP contribution is 2.26.